The van der Waals surface area contributed by atoms with Gasteiger partial charge in [-0.05, 0) is 0 Å². The summed E-state index contributed by atoms with van der Waals surface area (Å²) in [6, 6.07) is 0. The second-order valence-corrected chi connectivity index (χ2v) is 6.16. The van der Waals surface area contributed by atoms with Crippen LogP contribution in [0.4, 0.5) is 0 Å². The predicted molar refractivity (Wildman–Crippen MR) is 75.1 cm³/mol. The average molecular weight is 482 g/mol. The molecule has 0 spiro atoms. The number of phosphoric acid groups is 4. The van der Waals surface area contributed by atoms with Crippen LogP contribution in [-0.4, -0.2) is 86.1 Å². The first-order valence-electron chi connectivity index (χ1n) is 3.13. The van der Waals surface area contributed by atoms with Gasteiger partial charge in [-0.15, -0.1) is 0 Å². The van der Waals surface area contributed by atoms with Gasteiger partial charge in [-0.2, -0.15) is 0 Å². The maximum absolute atomic E-state index is 8.88. The molecule has 22 N–H and O–H groups in total. The third-order valence-corrected chi connectivity index (χ3v) is 0. The maximum Gasteiger partial charge on any atom is 0.466 e. The van der Waals surface area contributed by atoms with E-state index < -0.39 is 31.3 Å². The first kappa shape index (κ1) is 56.2. The Morgan fingerprint density at radius 2 is 0.280 bits per heavy atom. The largest absolute Gasteiger partial charge is 0.466 e. The third kappa shape index (κ3) is 208000. The van der Waals surface area contributed by atoms with Gasteiger partial charge in [0.1, 0.15) is 0 Å². The standard InChI is InChI=1S/4H3O4P.5H2O/c4*1-5(2,3)4;;;;;/h4*(H3,1,2,3,4);5*1H2. The molecular formula is H22O21P4. The third-order valence-electron chi connectivity index (χ3n) is 0. The van der Waals surface area contributed by atoms with Crippen LogP contribution in [0.25, 0.3) is 0 Å². The Balaban J connectivity index is -0.0000000183. The summed E-state index contributed by atoms with van der Waals surface area (Å²) in [7, 11) is -18.6. The minimum Gasteiger partial charge on any atom is -0.412 e. The molecule has 0 atom stereocenters. The zero-order valence-corrected chi connectivity index (χ0v) is 14.9. The summed E-state index contributed by atoms with van der Waals surface area (Å²) in [5, 5.41) is 0. The quantitative estimate of drug-likeness (QED) is 0.143. The van der Waals surface area contributed by atoms with Crippen molar-refractivity contribution < 1.29 is 104 Å². The van der Waals surface area contributed by atoms with Crippen LogP contribution in [0, 0.1) is 0 Å². The molecule has 0 aliphatic rings. The highest BCUT2D eigenvalue weighted by atomic mass is 31.2. The molecule has 0 aliphatic heterocycles. The maximum atomic E-state index is 8.88. The van der Waals surface area contributed by atoms with Crippen molar-refractivity contribution in [1.29, 1.82) is 0 Å². The van der Waals surface area contributed by atoms with Gasteiger partial charge in [-0.25, -0.2) is 18.3 Å². The van der Waals surface area contributed by atoms with E-state index in [1.54, 1.807) is 0 Å². The fraction of sp³-hybridized carbons (Fsp3) is 0. The molecule has 0 saturated carbocycles. The molecule has 0 radical (unpaired) electrons. The lowest BCUT2D eigenvalue weighted by molar-refractivity contribution is 0.272. The molecule has 0 unspecified atom stereocenters. The second kappa shape index (κ2) is 22.3. The highest BCUT2D eigenvalue weighted by Crippen LogP contribution is 2.27. The van der Waals surface area contributed by atoms with E-state index in [-0.39, 0.29) is 27.4 Å². The highest BCUT2D eigenvalue weighted by molar-refractivity contribution is 7.45. The smallest absolute Gasteiger partial charge is 0.412 e. The van der Waals surface area contributed by atoms with E-state index in [0.717, 1.165) is 0 Å². The van der Waals surface area contributed by atoms with Gasteiger partial charge in [0.25, 0.3) is 0 Å². The lowest BCUT2D eigenvalue weighted by atomic mass is 15.8. The van der Waals surface area contributed by atoms with E-state index in [9.17, 15) is 0 Å². The van der Waals surface area contributed by atoms with Gasteiger partial charge < -0.3 is 86.1 Å². The molecular weight excluding hydrogens is 460 g/mol. The molecule has 0 aromatic heterocycles. The number of hydrogen-bond donors (Lipinski definition) is 12. The SMILES string of the molecule is O.O.O.O.O.O=P(O)(O)O.O=P(O)(O)O.O=P(O)(O)O.O=P(O)(O)O. The monoisotopic (exact) mass is 482 g/mol. The van der Waals surface area contributed by atoms with Crippen LogP contribution >= 0.6 is 31.3 Å². The van der Waals surface area contributed by atoms with Gasteiger partial charge in [-0.1, -0.05) is 0 Å². The fourth-order valence-corrected chi connectivity index (χ4v) is 0. The summed E-state index contributed by atoms with van der Waals surface area (Å²) in [6.07, 6.45) is 0. The second-order valence-electron chi connectivity index (χ2n) is 2.05. The van der Waals surface area contributed by atoms with Crippen LogP contribution in [0.1, 0.15) is 0 Å². The van der Waals surface area contributed by atoms with Gasteiger partial charge >= 0.3 is 31.3 Å². The van der Waals surface area contributed by atoms with E-state index in [1.807, 2.05) is 0 Å². The molecule has 0 amide bonds. The Bertz CT molecular complexity index is 281. The normalized spacial score (nSPS) is 9.44. The van der Waals surface area contributed by atoms with E-state index in [0.29, 0.717) is 0 Å². The van der Waals surface area contributed by atoms with E-state index in [1.165, 1.54) is 0 Å². The molecule has 0 saturated heterocycles. The molecule has 0 aromatic rings. The molecule has 0 aromatic carbocycles. The van der Waals surface area contributed by atoms with Gasteiger partial charge in [0.2, 0.25) is 0 Å². The minimum atomic E-state index is -4.64. The van der Waals surface area contributed by atoms with E-state index in [4.69, 9.17) is 77.0 Å². The Labute approximate surface area is 137 Å². The molecule has 0 rings (SSSR count). The van der Waals surface area contributed by atoms with Crippen molar-refractivity contribution in [3.05, 3.63) is 0 Å². The minimum absolute atomic E-state index is 0. The lowest BCUT2D eigenvalue weighted by Crippen LogP contribution is -1.66. The molecule has 0 fully saturated rings. The van der Waals surface area contributed by atoms with Crippen molar-refractivity contribution in [2.75, 3.05) is 0 Å². The summed E-state index contributed by atoms with van der Waals surface area (Å²) in [5.41, 5.74) is 0. The Kier molecular flexibility index (Phi) is 50.1. The topological polar surface area (TPSA) is 469 Å². The van der Waals surface area contributed by atoms with Crippen LogP contribution in [0.2, 0.25) is 0 Å². The fourth-order valence-electron chi connectivity index (χ4n) is 0. The Hall–Kier alpha value is 0.240. The van der Waals surface area contributed by atoms with Crippen LogP contribution < -0.4 is 0 Å². The molecule has 0 bridgehead atoms. The average Bonchev–Trinajstić information content (AvgIpc) is 1.62. The molecule has 0 heterocycles. The van der Waals surface area contributed by atoms with Crippen molar-refractivity contribution in [3.8, 4) is 0 Å². The Morgan fingerprint density at radius 3 is 0.280 bits per heavy atom. The van der Waals surface area contributed by atoms with Gasteiger partial charge in [0, 0.05) is 0 Å². The summed E-state index contributed by atoms with van der Waals surface area (Å²) < 4.78 is 35.5. The van der Waals surface area contributed by atoms with Crippen molar-refractivity contribution in [3.63, 3.8) is 0 Å². The van der Waals surface area contributed by atoms with Crippen molar-refractivity contribution in [2.45, 2.75) is 0 Å². The Morgan fingerprint density at radius 1 is 0.280 bits per heavy atom. The van der Waals surface area contributed by atoms with Crippen molar-refractivity contribution in [2.24, 2.45) is 0 Å². The highest BCUT2D eigenvalue weighted by Gasteiger charge is 2.01. The van der Waals surface area contributed by atoms with Crippen LogP contribution in [0.3, 0.4) is 0 Å². The van der Waals surface area contributed by atoms with Gasteiger partial charge in [0.15, 0.2) is 0 Å². The molecule has 25 heavy (non-hydrogen) atoms. The van der Waals surface area contributed by atoms with E-state index >= 15 is 0 Å². The molecule has 168 valence electrons. The van der Waals surface area contributed by atoms with Crippen LogP contribution in [-0.2, 0) is 18.3 Å². The summed E-state index contributed by atoms with van der Waals surface area (Å²) >= 11 is 0. The number of rotatable bonds is 0. The van der Waals surface area contributed by atoms with Crippen LogP contribution in [0.5, 0.6) is 0 Å². The molecule has 25 heteroatoms. The molecule has 0 aliphatic carbocycles. The summed E-state index contributed by atoms with van der Waals surface area (Å²) in [5.74, 6) is 0. The first-order valence-corrected chi connectivity index (χ1v) is 9.39. The first-order chi connectivity index (χ1) is 8.00. The van der Waals surface area contributed by atoms with Crippen LogP contribution in [0.15, 0.2) is 0 Å². The van der Waals surface area contributed by atoms with Crippen molar-refractivity contribution >= 4 is 31.3 Å². The predicted octanol–water partition coefficient (Wildman–Crippen LogP) is -7.84. The van der Waals surface area contributed by atoms with E-state index in [2.05, 4.69) is 0 Å². The number of hydrogen-bond acceptors (Lipinski definition) is 4. The van der Waals surface area contributed by atoms with Gasteiger partial charge in [-0.3, -0.25) is 0 Å². The zero-order valence-electron chi connectivity index (χ0n) is 11.3. The molecule has 21 nitrogen and oxygen atoms in total. The van der Waals surface area contributed by atoms with Gasteiger partial charge in [0.05, 0.1) is 0 Å². The zero-order chi connectivity index (χ0) is 18.0. The van der Waals surface area contributed by atoms with Crippen molar-refractivity contribution in [1.82, 2.24) is 0 Å². The summed E-state index contributed by atoms with van der Waals surface area (Å²) in [4.78, 5) is 86.2. The summed E-state index contributed by atoms with van der Waals surface area (Å²) in [6.45, 7) is 0. The lowest BCUT2D eigenvalue weighted by Gasteiger charge is -1.82.